The van der Waals surface area contributed by atoms with Crippen molar-refractivity contribution in [2.24, 2.45) is 0 Å². The quantitative estimate of drug-likeness (QED) is 0.626. The van der Waals surface area contributed by atoms with Gasteiger partial charge < -0.3 is 14.8 Å². The number of ether oxygens (including phenoxy) is 2. The van der Waals surface area contributed by atoms with Gasteiger partial charge in [0.15, 0.2) is 0 Å². The first kappa shape index (κ1) is 12.9. The molecule has 0 radical (unpaired) electrons. The van der Waals surface area contributed by atoms with Crippen molar-refractivity contribution in [3.05, 3.63) is 0 Å². The van der Waals surface area contributed by atoms with Gasteiger partial charge in [0.05, 0.1) is 12.7 Å². The lowest BCUT2D eigenvalue weighted by molar-refractivity contribution is -0.00149. The van der Waals surface area contributed by atoms with Gasteiger partial charge in [-0.1, -0.05) is 20.8 Å². The second-order valence-corrected chi connectivity index (χ2v) is 3.51. The maximum Gasteiger partial charge on any atom is 0.0932 e. The zero-order valence-corrected chi connectivity index (χ0v) is 9.30. The molecule has 3 heteroatoms. The molecule has 0 bridgehead atoms. The number of hydrogen-bond donors (Lipinski definition) is 1. The van der Waals surface area contributed by atoms with Crippen molar-refractivity contribution in [3.8, 4) is 0 Å². The van der Waals surface area contributed by atoms with Gasteiger partial charge >= 0.3 is 0 Å². The van der Waals surface area contributed by atoms with Crippen LogP contribution in [0, 0.1) is 0 Å². The predicted molar refractivity (Wildman–Crippen MR) is 55.0 cm³/mol. The monoisotopic (exact) mass is 189 g/mol. The van der Waals surface area contributed by atoms with Crippen molar-refractivity contribution < 1.29 is 9.47 Å². The highest BCUT2D eigenvalue weighted by atomic mass is 16.5. The molecule has 0 saturated heterocycles. The van der Waals surface area contributed by atoms with E-state index >= 15 is 0 Å². The molecule has 3 nitrogen and oxygen atoms in total. The van der Waals surface area contributed by atoms with Crippen molar-refractivity contribution in [3.63, 3.8) is 0 Å². The van der Waals surface area contributed by atoms with Crippen molar-refractivity contribution in [1.29, 1.82) is 0 Å². The minimum atomic E-state index is 0.187. The molecule has 1 atom stereocenters. The van der Waals surface area contributed by atoms with Gasteiger partial charge in [-0.05, 0) is 6.42 Å². The van der Waals surface area contributed by atoms with E-state index in [1.165, 1.54) is 0 Å². The van der Waals surface area contributed by atoms with E-state index < -0.39 is 0 Å². The van der Waals surface area contributed by atoms with Crippen LogP contribution in [0.15, 0.2) is 0 Å². The van der Waals surface area contributed by atoms with E-state index in [0.29, 0.717) is 12.6 Å². The van der Waals surface area contributed by atoms with Gasteiger partial charge in [0, 0.05) is 26.3 Å². The van der Waals surface area contributed by atoms with Gasteiger partial charge in [0.1, 0.15) is 0 Å². The summed E-state index contributed by atoms with van der Waals surface area (Å²) in [6, 6.07) is 0.504. The highest BCUT2D eigenvalue weighted by Crippen LogP contribution is 1.94. The average molecular weight is 189 g/mol. The molecule has 0 heterocycles. The van der Waals surface area contributed by atoms with E-state index in [2.05, 4.69) is 26.1 Å². The molecule has 0 aliphatic rings. The summed E-state index contributed by atoms with van der Waals surface area (Å²) >= 11 is 0. The summed E-state index contributed by atoms with van der Waals surface area (Å²) in [7, 11) is 1.71. The molecule has 0 saturated carbocycles. The molecule has 0 aromatic heterocycles. The highest BCUT2D eigenvalue weighted by molar-refractivity contribution is 4.63. The van der Waals surface area contributed by atoms with Crippen LogP contribution < -0.4 is 5.32 Å². The molecule has 0 aromatic rings. The Bertz CT molecular complexity index is 107. The standard InChI is InChI=1S/C10H23NO2/c1-5-6-13-10(8-12-4)7-11-9(2)3/h9-11H,5-8H2,1-4H3. The van der Waals surface area contributed by atoms with Gasteiger partial charge in [-0.15, -0.1) is 0 Å². The van der Waals surface area contributed by atoms with Crippen LogP contribution in [-0.4, -0.2) is 39.0 Å². The van der Waals surface area contributed by atoms with Gasteiger partial charge in [-0.25, -0.2) is 0 Å². The molecule has 13 heavy (non-hydrogen) atoms. The Balaban J connectivity index is 3.53. The zero-order valence-electron chi connectivity index (χ0n) is 9.30. The second-order valence-electron chi connectivity index (χ2n) is 3.51. The molecule has 0 rings (SSSR count). The molecule has 0 aromatic carbocycles. The van der Waals surface area contributed by atoms with Crippen molar-refractivity contribution in [2.75, 3.05) is 26.9 Å². The Hall–Kier alpha value is -0.120. The van der Waals surface area contributed by atoms with Crippen LogP contribution >= 0.6 is 0 Å². The van der Waals surface area contributed by atoms with Gasteiger partial charge in [0.2, 0.25) is 0 Å². The first-order valence-corrected chi connectivity index (χ1v) is 5.04. The topological polar surface area (TPSA) is 30.5 Å². The molecular weight excluding hydrogens is 166 g/mol. The molecule has 0 spiro atoms. The molecule has 80 valence electrons. The van der Waals surface area contributed by atoms with Gasteiger partial charge in [-0.2, -0.15) is 0 Å². The summed E-state index contributed by atoms with van der Waals surface area (Å²) < 4.78 is 10.7. The Kier molecular flexibility index (Phi) is 8.40. The van der Waals surface area contributed by atoms with E-state index in [0.717, 1.165) is 19.6 Å². The smallest absolute Gasteiger partial charge is 0.0932 e. The third kappa shape index (κ3) is 8.22. The van der Waals surface area contributed by atoms with Crippen LogP contribution in [0.1, 0.15) is 27.2 Å². The SMILES string of the molecule is CCCOC(CNC(C)C)COC. The normalized spacial score (nSPS) is 13.6. The van der Waals surface area contributed by atoms with E-state index in [4.69, 9.17) is 9.47 Å². The third-order valence-corrected chi connectivity index (χ3v) is 1.66. The number of methoxy groups -OCH3 is 1. The zero-order chi connectivity index (χ0) is 10.1. The van der Waals surface area contributed by atoms with E-state index in [-0.39, 0.29) is 6.10 Å². The molecule has 1 N–H and O–H groups in total. The largest absolute Gasteiger partial charge is 0.382 e. The first-order valence-electron chi connectivity index (χ1n) is 5.04. The summed E-state index contributed by atoms with van der Waals surface area (Å²) in [5, 5.41) is 3.33. The molecule has 0 aliphatic heterocycles. The first-order chi connectivity index (χ1) is 6.20. The average Bonchev–Trinajstić information content (AvgIpc) is 2.09. The fourth-order valence-electron chi connectivity index (χ4n) is 1.00. The lowest BCUT2D eigenvalue weighted by atomic mass is 10.3. The number of rotatable bonds is 8. The van der Waals surface area contributed by atoms with Crippen LogP contribution in [0.5, 0.6) is 0 Å². The molecule has 0 fully saturated rings. The Morgan fingerprint density at radius 2 is 2.00 bits per heavy atom. The highest BCUT2D eigenvalue weighted by Gasteiger charge is 2.08. The summed E-state index contributed by atoms with van der Waals surface area (Å²) in [6.45, 7) is 8.71. The lowest BCUT2D eigenvalue weighted by Crippen LogP contribution is -2.36. The summed E-state index contributed by atoms with van der Waals surface area (Å²) in [5.74, 6) is 0. The van der Waals surface area contributed by atoms with Crippen LogP contribution in [-0.2, 0) is 9.47 Å². The van der Waals surface area contributed by atoms with Crippen molar-refractivity contribution in [1.82, 2.24) is 5.32 Å². The molecule has 0 aliphatic carbocycles. The van der Waals surface area contributed by atoms with Crippen LogP contribution in [0.2, 0.25) is 0 Å². The lowest BCUT2D eigenvalue weighted by Gasteiger charge is -2.18. The van der Waals surface area contributed by atoms with Gasteiger partial charge in [-0.3, -0.25) is 0 Å². The summed E-state index contributed by atoms with van der Waals surface area (Å²) in [5.41, 5.74) is 0. The van der Waals surface area contributed by atoms with E-state index in [9.17, 15) is 0 Å². The summed E-state index contributed by atoms with van der Waals surface area (Å²) in [6.07, 6.45) is 1.24. The minimum Gasteiger partial charge on any atom is -0.382 e. The second kappa shape index (κ2) is 8.48. The van der Waals surface area contributed by atoms with Crippen molar-refractivity contribution in [2.45, 2.75) is 39.3 Å². The predicted octanol–water partition coefficient (Wildman–Crippen LogP) is 1.43. The van der Waals surface area contributed by atoms with Crippen molar-refractivity contribution >= 4 is 0 Å². The number of hydrogen-bond acceptors (Lipinski definition) is 3. The fraction of sp³-hybridized carbons (Fsp3) is 1.00. The Morgan fingerprint density at radius 1 is 1.31 bits per heavy atom. The fourth-order valence-corrected chi connectivity index (χ4v) is 1.00. The van der Waals surface area contributed by atoms with Crippen LogP contribution in [0.25, 0.3) is 0 Å². The molecule has 0 amide bonds. The van der Waals surface area contributed by atoms with E-state index in [1.54, 1.807) is 7.11 Å². The van der Waals surface area contributed by atoms with Gasteiger partial charge in [0.25, 0.3) is 0 Å². The number of nitrogens with one attached hydrogen (secondary N) is 1. The molecular formula is C10H23NO2. The third-order valence-electron chi connectivity index (χ3n) is 1.66. The maximum absolute atomic E-state index is 5.59. The maximum atomic E-state index is 5.59. The van der Waals surface area contributed by atoms with Crippen LogP contribution in [0.3, 0.4) is 0 Å². The van der Waals surface area contributed by atoms with Crippen LogP contribution in [0.4, 0.5) is 0 Å². The Morgan fingerprint density at radius 3 is 2.46 bits per heavy atom. The summed E-state index contributed by atoms with van der Waals surface area (Å²) in [4.78, 5) is 0. The minimum absolute atomic E-state index is 0.187. The van der Waals surface area contributed by atoms with E-state index in [1.807, 2.05) is 0 Å². The molecule has 1 unspecified atom stereocenters. The Labute approximate surface area is 81.8 Å².